The molecule has 114 heavy (non-hydrogen) atoms. The first-order valence-corrected chi connectivity index (χ1v) is 42.5. The number of amides is 2. The third-order valence-electron chi connectivity index (χ3n) is 22.4. The van der Waals surface area contributed by atoms with Gasteiger partial charge in [-0.05, 0) is 51.9 Å². The van der Waals surface area contributed by atoms with Gasteiger partial charge in [-0.2, -0.15) is 0 Å². The van der Waals surface area contributed by atoms with Crippen LogP contribution in [0.4, 0.5) is 0 Å². The molecule has 0 aliphatic carbocycles. The normalized spacial score (nSPS) is 36.9. The Morgan fingerprint density at radius 3 is 1.18 bits per heavy atom. The molecule has 0 radical (unpaired) electrons. The summed E-state index contributed by atoms with van der Waals surface area (Å²) in [5.74, 6) is -1.23. The summed E-state index contributed by atoms with van der Waals surface area (Å²) < 4.78 is 71.5. The minimum atomic E-state index is -2.31. The average molecular weight is 1650 g/mol. The Labute approximate surface area is 671 Å². The van der Waals surface area contributed by atoms with Crippen molar-refractivity contribution < 1.29 is 158 Å². The predicted octanol–water partition coefficient (Wildman–Crippen LogP) is 0.576. The zero-order chi connectivity index (χ0) is 83.2. The standard InChI is InChI=1S/C80H144N2O32/c1-5-7-9-11-13-15-17-19-20-21-22-23-24-25-26-28-30-32-34-36-38-40-56(90)82-49(50(89)39-37-35-33-31-29-27-18-16-14-12-10-8-6-2)46-103-76-67(100)64(97)70(54(44-86)109-76)110-79-69(102)74(61(94)53(43-85)106-79)114-80-68(101)73(60(93)52(42-84)107-80)113-75-57(81-48(4)88)72(112-77-65(98)62(95)58(91)47(3)104-77)71(55(45-87)108-75)111-78-66(99)63(96)59(92)51(41-83)105-78/h19-20,37,39,47,49-55,57-80,83-87,89,91-102H,5-18,21-36,38,40-46H2,1-4H3,(H,81,88)(H,82,90)/b20-19-,39-37+/t47?,49-,50+,51?,52?,53?,54?,55?,57?,58+,59-,60-,61-,62?,63-,64+,65-,66?,67?,68?,69?,70+,71+,72+,73-,74-,75-,76+,77+,78-,79-,80+/m0/s1. The van der Waals surface area contributed by atoms with Gasteiger partial charge in [0.2, 0.25) is 11.8 Å². The number of carbonyl (C=O) groups excluding carboxylic acids is 2. The van der Waals surface area contributed by atoms with Crippen LogP contribution in [0.25, 0.3) is 0 Å². The lowest BCUT2D eigenvalue weighted by molar-refractivity contribution is -0.396. The predicted molar refractivity (Wildman–Crippen MR) is 408 cm³/mol. The number of unbranched alkanes of at least 4 members (excludes halogenated alkanes) is 28. The van der Waals surface area contributed by atoms with Crippen LogP contribution >= 0.6 is 0 Å². The molecular formula is C80H144N2O32. The minimum absolute atomic E-state index is 0.171. The lowest BCUT2D eigenvalue weighted by Gasteiger charge is -2.51. The number of aliphatic hydroxyl groups excluding tert-OH is 18. The minimum Gasteiger partial charge on any atom is -0.394 e. The zero-order valence-corrected chi connectivity index (χ0v) is 67.4. The van der Waals surface area contributed by atoms with Crippen molar-refractivity contribution in [3.63, 3.8) is 0 Å². The molecule has 34 nitrogen and oxygen atoms in total. The highest BCUT2D eigenvalue weighted by molar-refractivity contribution is 5.76. The molecule has 6 rings (SSSR count). The fourth-order valence-corrected chi connectivity index (χ4v) is 15.4. The summed E-state index contributed by atoms with van der Waals surface area (Å²) in [4.78, 5) is 26.8. The Morgan fingerprint density at radius 1 is 0.360 bits per heavy atom. The average Bonchev–Trinajstić information content (AvgIpc) is 0.761. The van der Waals surface area contributed by atoms with Gasteiger partial charge in [-0.25, -0.2) is 0 Å². The van der Waals surface area contributed by atoms with Gasteiger partial charge >= 0.3 is 0 Å². The molecule has 6 heterocycles. The largest absolute Gasteiger partial charge is 0.394 e. The molecule has 0 aromatic heterocycles. The van der Waals surface area contributed by atoms with Crippen molar-refractivity contribution in [2.24, 2.45) is 0 Å². The highest BCUT2D eigenvalue weighted by Gasteiger charge is 2.59. The van der Waals surface area contributed by atoms with E-state index < -0.39 is 242 Å². The Bertz CT molecular complexity index is 2610. The van der Waals surface area contributed by atoms with E-state index >= 15 is 0 Å². The summed E-state index contributed by atoms with van der Waals surface area (Å²) in [6.45, 7) is 1.29. The van der Waals surface area contributed by atoms with E-state index in [0.29, 0.717) is 12.8 Å². The molecular weight excluding hydrogens is 1500 g/mol. The maximum Gasteiger partial charge on any atom is 0.220 e. The SMILES string of the molecule is CCCCCCCC/C=C\CCCCCCCCCCCCCC(=O)N[C@@H](CO[C@@H]1OC(CO)[C@@H](O[C@@H]2OC(CO)[C@H](O)[C@H](O[C@H]3OC(CO)[C@H](O)[C@H](O[C@@H]4OC(CO)[C@@H](O[C@@H]5OC(CO)[C@H](O)[C@H](O)C5O)[C@H](O[C@H]5OC(C)[C@@H](O)C(O)[C@@H]5O)C4NC(C)=O)C3O)C2O)[C@H](O)C1O)[C@H](O)/C=C/CCCCCCCCCCCCC. The maximum absolute atomic E-state index is 13.6. The van der Waals surface area contributed by atoms with Gasteiger partial charge < -0.3 is 159 Å². The molecule has 0 spiro atoms. The molecule has 0 aromatic carbocycles. The van der Waals surface area contributed by atoms with Crippen LogP contribution in [0.1, 0.15) is 233 Å². The summed E-state index contributed by atoms with van der Waals surface area (Å²) in [5, 5.41) is 206. The van der Waals surface area contributed by atoms with E-state index in [4.69, 9.17) is 56.8 Å². The third-order valence-corrected chi connectivity index (χ3v) is 22.4. The van der Waals surface area contributed by atoms with Gasteiger partial charge in [-0.1, -0.05) is 192 Å². The van der Waals surface area contributed by atoms with E-state index in [1.54, 1.807) is 6.08 Å². The molecule has 0 aromatic rings. The lowest BCUT2D eigenvalue weighted by atomic mass is 9.93. The summed E-state index contributed by atoms with van der Waals surface area (Å²) in [6.07, 6.45) is -13.1. The molecule has 6 saturated heterocycles. The Kier molecular flexibility index (Phi) is 47.9. The molecule has 666 valence electrons. The van der Waals surface area contributed by atoms with Crippen molar-refractivity contribution in [2.75, 3.05) is 39.6 Å². The summed E-state index contributed by atoms with van der Waals surface area (Å²) >= 11 is 0. The fraction of sp³-hybridized carbons (Fsp3) is 0.925. The van der Waals surface area contributed by atoms with Crippen LogP contribution in [0.2, 0.25) is 0 Å². The van der Waals surface area contributed by atoms with Crippen LogP contribution in [0.15, 0.2) is 24.3 Å². The van der Waals surface area contributed by atoms with Crippen LogP contribution in [0.3, 0.4) is 0 Å². The van der Waals surface area contributed by atoms with E-state index in [-0.39, 0.29) is 12.3 Å². The van der Waals surface area contributed by atoms with E-state index in [9.17, 15) is 102 Å². The van der Waals surface area contributed by atoms with Crippen LogP contribution in [0, 0.1) is 0 Å². The van der Waals surface area contributed by atoms with Gasteiger partial charge in [0.15, 0.2) is 37.7 Å². The summed E-state index contributed by atoms with van der Waals surface area (Å²) in [7, 11) is 0. The second kappa shape index (κ2) is 54.6. The number of ether oxygens (including phenoxy) is 12. The smallest absolute Gasteiger partial charge is 0.220 e. The van der Waals surface area contributed by atoms with Crippen molar-refractivity contribution in [1.29, 1.82) is 0 Å². The number of aliphatic hydroxyl groups is 18. The first-order chi connectivity index (χ1) is 54.9. The highest BCUT2D eigenvalue weighted by atomic mass is 16.8. The van der Waals surface area contributed by atoms with E-state index in [0.717, 1.165) is 64.7 Å². The monoisotopic (exact) mass is 1640 g/mol. The van der Waals surface area contributed by atoms with Gasteiger partial charge in [0, 0.05) is 13.3 Å². The second-order valence-electron chi connectivity index (χ2n) is 31.7. The molecule has 34 heteroatoms. The van der Waals surface area contributed by atoms with Gasteiger partial charge in [0.05, 0.1) is 57.9 Å². The molecule has 6 aliphatic heterocycles. The Hall–Kier alpha value is -2.78. The number of rotatable bonds is 55. The van der Waals surface area contributed by atoms with Gasteiger partial charge in [-0.15, -0.1) is 0 Å². The molecule has 0 bridgehead atoms. The molecule has 32 atom stereocenters. The molecule has 20 N–H and O–H groups in total. The van der Waals surface area contributed by atoms with Crippen molar-refractivity contribution in [2.45, 2.75) is 429 Å². The van der Waals surface area contributed by atoms with E-state index in [2.05, 4.69) is 36.6 Å². The van der Waals surface area contributed by atoms with Crippen LogP contribution in [-0.4, -0.2) is 340 Å². The van der Waals surface area contributed by atoms with Crippen LogP contribution in [0.5, 0.6) is 0 Å². The third kappa shape index (κ3) is 31.3. The van der Waals surface area contributed by atoms with Gasteiger partial charge in [0.25, 0.3) is 0 Å². The summed E-state index contributed by atoms with van der Waals surface area (Å²) in [6, 6.07) is -2.92. The van der Waals surface area contributed by atoms with E-state index in [1.807, 2.05) is 6.08 Å². The quantitative estimate of drug-likeness (QED) is 0.0292. The maximum atomic E-state index is 13.6. The number of carbonyl (C=O) groups is 2. The van der Waals surface area contributed by atoms with Gasteiger partial charge in [-0.3, -0.25) is 9.59 Å². The summed E-state index contributed by atoms with van der Waals surface area (Å²) in [5.41, 5.74) is 0. The second-order valence-corrected chi connectivity index (χ2v) is 31.7. The molecule has 6 aliphatic rings. The number of hydrogen-bond acceptors (Lipinski definition) is 32. The molecule has 0 saturated carbocycles. The highest BCUT2D eigenvalue weighted by Crippen LogP contribution is 2.39. The van der Waals surface area contributed by atoms with Crippen molar-refractivity contribution in [3.05, 3.63) is 24.3 Å². The van der Waals surface area contributed by atoms with Crippen molar-refractivity contribution >= 4 is 11.8 Å². The van der Waals surface area contributed by atoms with E-state index in [1.165, 1.54) is 135 Å². The zero-order valence-electron chi connectivity index (χ0n) is 67.4. The number of hydrogen-bond donors (Lipinski definition) is 20. The number of nitrogens with one attached hydrogen (secondary N) is 2. The first kappa shape index (κ1) is 100. The fourth-order valence-electron chi connectivity index (χ4n) is 15.4. The van der Waals surface area contributed by atoms with Crippen LogP contribution < -0.4 is 10.6 Å². The number of allylic oxidation sites excluding steroid dienone is 3. The van der Waals surface area contributed by atoms with Gasteiger partial charge in [0.1, 0.15) is 140 Å². The first-order valence-electron chi connectivity index (χ1n) is 42.5. The lowest BCUT2D eigenvalue weighted by Crippen LogP contribution is -2.71. The Balaban J connectivity index is 1.09. The topological polar surface area (TPSA) is 533 Å². The Morgan fingerprint density at radius 2 is 0.711 bits per heavy atom. The van der Waals surface area contributed by atoms with Crippen molar-refractivity contribution in [3.8, 4) is 0 Å². The van der Waals surface area contributed by atoms with Crippen molar-refractivity contribution in [1.82, 2.24) is 10.6 Å². The van der Waals surface area contributed by atoms with Crippen LogP contribution in [-0.2, 0) is 66.4 Å². The molecule has 2 amide bonds. The molecule has 12 unspecified atom stereocenters. The molecule has 6 fully saturated rings.